The summed E-state index contributed by atoms with van der Waals surface area (Å²) in [5.41, 5.74) is 9.07. The molecule has 23 heavy (non-hydrogen) atoms. The van der Waals surface area contributed by atoms with Crippen LogP contribution in [0.3, 0.4) is 0 Å². The summed E-state index contributed by atoms with van der Waals surface area (Å²) in [7, 11) is 0. The molecular formula is C18H29N3O2. The highest BCUT2D eigenvalue weighted by Gasteiger charge is 2.29. The second-order valence-electron chi connectivity index (χ2n) is 7.44. The van der Waals surface area contributed by atoms with E-state index in [2.05, 4.69) is 11.9 Å². The molecule has 1 saturated heterocycles. The molecule has 5 nitrogen and oxygen atoms in total. The predicted octanol–water partition coefficient (Wildman–Crippen LogP) is 3.52. The number of carbonyl (C=O) groups excluding carboxylic acids is 1. The smallest absolute Gasteiger partial charge is 0.410 e. The van der Waals surface area contributed by atoms with E-state index in [0.717, 1.165) is 24.1 Å². The van der Waals surface area contributed by atoms with Gasteiger partial charge >= 0.3 is 6.09 Å². The van der Waals surface area contributed by atoms with Crippen LogP contribution in [0.2, 0.25) is 0 Å². The van der Waals surface area contributed by atoms with E-state index in [-0.39, 0.29) is 12.1 Å². The summed E-state index contributed by atoms with van der Waals surface area (Å²) in [5.74, 6) is 0.382. The molecule has 1 fully saturated rings. The van der Waals surface area contributed by atoms with Gasteiger partial charge in [-0.25, -0.2) is 4.79 Å². The molecular weight excluding hydrogens is 290 g/mol. The number of rotatable bonds is 2. The van der Waals surface area contributed by atoms with Gasteiger partial charge in [-0.15, -0.1) is 0 Å². The Morgan fingerprint density at radius 2 is 2.00 bits per heavy atom. The van der Waals surface area contributed by atoms with Gasteiger partial charge in [0, 0.05) is 36.9 Å². The Morgan fingerprint density at radius 1 is 1.39 bits per heavy atom. The second-order valence-corrected chi connectivity index (χ2v) is 7.44. The standard InChI is InChI=1S/C18H29N3O2/c1-12-15(13(2)19)6-9-20-16(12)14-7-10-21(11-8-14)17(22)23-18(3,4)5/h6,9,13-14H,7-8,10-11,19H2,1-5H3. The molecule has 128 valence electrons. The number of hydrogen-bond acceptors (Lipinski definition) is 4. The molecule has 2 heterocycles. The van der Waals surface area contributed by atoms with Gasteiger partial charge in [-0.3, -0.25) is 4.98 Å². The van der Waals surface area contributed by atoms with Gasteiger partial charge in [-0.05, 0) is 64.7 Å². The zero-order valence-corrected chi connectivity index (χ0v) is 14.9. The van der Waals surface area contributed by atoms with Crippen molar-refractivity contribution in [3.05, 3.63) is 29.1 Å². The van der Waals surface area contributed by atoms with E-state index in [4.69, 9.17) is 10.5 Å². The van der Waals surface area contributed by atoms with Crippen LogP contribution in [0, 0.1) is 6.92 Å². The van der Waals surface area contributed by atoms with Crippen LogP contribution >= 0.6 is 0 Å². The Bertz CT molecular complexity index is 556. The monoisotopic (exact) mass is 319 g/mol. The van der Waals surface area contributed by atoms with Crippen molar-refractivity contribution >= 4 is 6.09 Å². The number of nitrogens with zero attached hydrogens (tertiary/aromatic N) is 2. The highest BCUT2D eigenvalue weighted by Crippen LogP contribution is 2.31. The molecule has 1 unspecified atom stereocenters. The summed E-state index contributed by atoms with van der Waals surface area (Å²) in [5, 5.41) is 0. The number of pyridine rings is 1. The Labute approximate surface area is 139 Å². The fourth-order valence-electron chi connectivity index (χ4n) is 3.13. The van der Waals surface area contributed by atoms with Crippen molar-refractivity contribution in [2.45, 2.75) is 65.0 Å². The van der Waals surface area contributed by atoms with E-state index in [0.29, 0.717) is 19.0 Å². The van der Waals surface area contributed by atoms with E-state index >= 15 is 0 Å². The van der Waals surface area contributed by atoms with Crippen LogP contribution in [0.5, 0.6) is 0 Å². The zero-order chi connectivity index (χ0) is 17.2. The van der Waals surface area contributed by atoms with Gasteiger partial charge in [0.2, 0.25) is 0 Å². The highest BCUT2D eigenvalue weighted by molar-refractivity contribution is 5.68. The van der Waals surface area contributed by atoms with Gasteiger partial charge in [-0.1, -0.05) is 0 Å². The summed E-state index contributed by atoms with van der Waals surface area (Å²) < 4.78 is 5.45. The highest BCUT2D eigenvalue weighted by atomic mass is 16.6. The molecule has 1 aromatic rings. The number of piperidine rings is 1. The normalized spacial score (nSPS) is 17.9. The molecule has 0 radical (unpaired) electrons. The average molecular weight is 319 g/mol. The maximum Gasteiger partial charge on any atom is 0.410 e. The number of amides is 1. The van der Waals surface area contributed by atoms with E-state index in [1.54, 1.807) is 4.90 Å². The molecule has 1 atom stereocenters. The number of ether oxygens (including phenoxy) is 1. The zero-order valence-electron chi connectivity index (χ0n) is 14.9. The minimum Gasteiger partial charge on any atom is -0.444 e. The largest absolute Gasteiger partial charge is 0.444 e. The number of likely N-dealkylation sites (tertiary alicyclic amines) is 1. The van der Waals surface area contributed by atoms with Crippen LogP contribution in [0.25, 0.3) is 0 Å². The van der Waals surface area contributed by atoms with Crippen LogP contribution in [0.4, 0.5) is 4.79 Å². The molecule has 2 rings (SSSR count). The van der Waals surface area contributed by atoms with Crippen LogP contribution in [-0.4, -0.2) is 34.7 Å². The van der Waals surface area contributed by atoms with E-state index in [9.17, 15) is 4.79 Å². The lowest BCUT2D eigenvalue weighted by atomic mass is 9.88. The summed E-state index contributed by atoms with van der Waals surface area (Å²) in [4.78, 5) is 18.5. The first-order valence-electron chi connectivity index (χ1n) is 8.38. The fraction of sp³-hybridized carbons (Fsp3) is 0.667. The van der Waals surface area contributed by atoms with Gasteiger partial charge in [0.1, 0.15) is 5.60 Å². The van der Waals surface area contributed by atoms with Gasteiger partial charge in [0.25, 0.3) is 0 Å². The summed E-state index contributed by atoms with van der Waals surface area (Å²) >= 11 is 0. The quantitative estimate of drug-likeness (QED) is 0.905. The first-order chi connectivity index (χ1) is 10.7. The van der Waals surface area contributed by atoms with Crippen molar-refractivity contribution in [2.75, 3.05) is 13.1 Å². The maximum atomic E-state index is 12.1. The summed E-state index contributed by atoms with van der Waals surface area (Å²) in [6.07, 6.45) is 3.46. The molecule has 1 amide bonds. The summed E-state index contributed by atoms with van der Waals surface area (Å²) in [6, 6.07) is 2.01. The molecule has 0 aliphatic carbocycles. The van der Waals surface area contributed by atoms with E-state index < -0.39 is 5.60 Å². The maximum absolute atomic E-state index is 12.1. The third-order valence-corrected chi connectivity index (χ3v) is 4.31. The van der Waals surface area contributed by atoms with Gasteiger partial charge in [-0.2, -0.15) is 0 Å². The third-order valence-electron chi connectivity index (χ3n) is 4.31. The number of nitrogens with two attached hydrogens (primary N) is 1. The molecule has 0 aromatic carbocycles. The van der Waals surface area contributed by atoms with Crippen LogP contribution < -0.4 is 5.73 Å². The Hall–Kier alpha value is -1.62. The third kappa shape index (κ3) is 4.44. The van der Waals surface area contributed by atoms with Crippen molar-refractivity contribution in [1.29, 1.82) is 0 Å². The van der Waals surface area contributed by atoms with Crippen LogP contribution in [0.15, 0.2) is 12.3 Å². The first-order valence-corrected chi connectivity index (χ1v) is 8.38. The average Bonchev–Trinajstić information content (AvgIpc) is 2.45. The first kappa shape index (κ1) is 17.7. The Balaban J connectivity index is 2.03. The Kier molecular flexibility index (Phi) is 5.30. The van der Waals surface area contributed by atoms with Gasteiger partial charge < -0.3 is 15.4 Å². The lowest BCUT2D eigenvalue weighted by Crippen LogP contribution is -2.41. The molecule has 1 aliphatic heterocycles. The van der Waals surface area contributed by atoms with Crippen molar-refractivity contribution in [3.8, 4) is 0 Å². The number of hydrogen-bond donors (Lipinski definition) is 1. The van der Waals surface area contributed by atoms with Crippen molar-refractivity contribution < 1.29 is 9.53 Å². The molecule has 1 aliphatic rings. The topological polar surface area (TPSA) is 68.5 Å². The predicted molar refractivity (Wildman–Crippen MR) is 91.4 cm³/mol. The van der Waals surface area contributed by atoms with E-state index in [1.165, 1.54) is 5.56 Å². The number of carbonyl (C=O) groups is 1. The van der Waals surface area contributed by atoms with Gasteiger partial charge in [0.05, 0.1) is 0 Å². The molecule has 1 aromatic heterocycles. The van der Waals surface area contributed by atoms with Crippen molar-refractivity contribution in [3.63, 3.8) is 0 Å². The molecule has 0 bridgehead atoms. The molecule has 0 spiro atoms. The number of aromatic nitrogens is 1. The lowest BCUT2D eigenvalue weighted by molar-refractivity contribution is 0.0204. The molecule has 5 heteroatoms. The fourth-order valence-corrected chi connectivity index (χ4v) is 3.13. The van der Waals surface area contributed by atoms with Crippen LogP contribution in [-0.2, 0) is 4.74 Å². The minimum atomic E-state index is -0.447. The Morgan fingerprint density at radius 3 is 2.52 bits per heavy atom. The molecule has 0 saturated carbocycles. The summed E-state index contributed by atoms with van der Waals surface area (Å²) in [6.45, 7) is 11.2. The second kappa shape index (κ2) is 6.87. The molecule has 2 N–H and O–H groups in total. The van der Waals surface area contributed by atoms with E-state index in [1.807, 2.05) is 40.0 Å². The van der Waals surface area contributed by atoms with Crippen LogP contribution in [0.1, 0.15) is 69.3 Å². The van der Waals surface area contributed by atoms with Crippen molar-refractivity contribution in [1.82, 2.24) is 9.88 Å². The minimum absolute atomic E-state index is 0.0126. The van der Waals surface area contributed by atoms with Crippen molar-refractivity contribution in [2.24, 2.45) is 5.73 Å². The van der Waals surface area contributed by atoms with Gasteiger partial charge in [0.15, 0.2) is 0 Å². The SMILES string of the molecule is Cc1c(C(C)N)ccnc1C1CCN(C(=O)OC(C)(C)C)CC1. The lowest BCUT2D eigenvalue weighted by Gasteiger charge is -2.34.